The molecule has 0 bridgehead atoms. The van der Waals surface area contributed by atoms with Gasteiger partial charge < -0.3 is 14.8 Å². The van der Waals surface area contributed by atoms with Crippen LogP contribution in [-0.4, -0.2) is 57.6 Å². The SMILES string of the molecule is CCOc1cc([C@H](CN2C(=O)c3cccc(NC(C)=O)c3C2=O)S(C)(=O)=O)ccc1OC. The van der Waals surface area contributed by atoms with Gasteiger partial charge in [-0.2, -0.15) is 0 Å². The third-order valence-electron chi connectivity index (χ3n) is 5.03. The highest BCUT2D eigenvalue weighted by Gasteiger charge is 2.40. The van der Waals surface area contributed by atoms with Crippen molar-refractivity contribution in [2.45, 2.75) is 19.1 Å². The Balaban J connectivity index is 2.01. The second-order valence-electron chi connectivity index (χ2n) is 7.29. The fourth-order valence-electron chi connectivity index (χ4n) is 3.61. The number of carbonyl (C=O) groups is 3. The van der Waals surface area contributed by atoms with E-state index in [0.29, 0.717) is 23.7 Å². The lowest BCUT2D eigenvalue weighted by Crippen LogP contribution is -2.36. The number of rotatable bonds is 8. The van der Waals surface area contributed by atoms with E-state index in [1.165, 1.54) is 32.2 Å². The second kappa shape index (κ2) is 8.99. The second-order valence-corrected chi connectivity index (χ2v) is 9.52. The summed E-state index contributed by atoms with van der Waals surface area (Å²) in [6.07, 6.45) is 1.04. The van der Waals surface area contributed by atoms with Crippen LogP contribution in [0.4, 0.5) is 5.69 Å². The molecule has 3 amide bonds. The molecule has 170 valence electrons. The average molecular weight is 461 g/mol. The summed E-state index contributed by atoms with van der Waals surface area (Å²) in [5, 5.41) is 1.36. The summed E-state index contributed by atoms with van der Waals surface area (Å²) < 4.78 is 36.1. The topological polar surface area (TPSA) is 119 Å². The van der Waals surface area contributed by atoms with Crippen molar-refractivity contribution in [1.29, 1.82) is 0 Å². The molecule has 3 rings (SSSR count). The van der Waals surface area contributed by atoms with E-state index in [9.17, 15) is 22.8 Å². The van der Waals surface area contributed by atoms with Gasteiger partial charge in [-0.05, 0) is 36.8 Å². The zero-order chi connectivity index (χ0) is 23.6. The molecular formula is C22H24N2O7S. The molecular weight excluding hydrogens is 436 g/mol. The van der Waals surface area contributed by atoms with E-state index in [4.69, 9.17) is 9.47 Å². The lowest BCUT2D eigenvalue weighted by molar-refractivity contribution is -0.114. The number of benzene rings is 2. The molecule has 0 saturated heterocycles. The third-order valence-corrected chi connectivity index (χ3v) is 6.49. The molecule has 0 aromatic heterocycles. The highest BCUT2D eigenvalue weighted by atomic mass is 32.2. The molecule has 0 radical (unpaired) electrons. The normalized spacial score (nSPS) is 14.2. The fourth-order valence-corrected chi connectivity index (χ4v) is 4.67. The summed E-state index contributed by atoms with van der Waals surface area (Å²) in [4.78, 5) is 38.4. The van der Waals surface area contributed by atoms with E-state index in [0.717, 1.165) is 11.2 Å². The van der Waals surface area contributed by atoms with Gasteiger partial charge in [-0.3, -0.25) is 19.3 Å². The maximum atomic E-state index is 13.1. The molecule has 1 aliphatic heterocycles. The standard InChI is InChI=1S/C22H24N2O7S/c1-5-31-18-11-14(9-10-17(18)30-3)19(32(4,28)29)12-24-21(26)15-7-6-8-16(23-13(2)25)20(15)22(24)27/h6-11,19H,5,12H2,1-4H3,(H,23,25)/t19-/m0/s1. The van der Waals surface area contributed by atoms with Crippen molar-refractivity contribution in [2.24, 2.45) is 0 Å². The summed E-state index contributed by atoms with van der Waals surface area (Å²) in [6.45, 7) is 3.03. The Morgan fingerprint density at radius 2 is 1.84 bits per heavy atom. The van der Waals surface area contributed by atoms with Crippen molar-refractivity contribution >= 4 is 33.2 Å². The van der Waals surface area contributed by atoms with Gasteiger partial charge >= 0.3 is 0 Å². The fraction of sp³-hybridized carbons (Fsp3) is 0.318. The number of fused-ring (bicyclic) bond motifs is 1. The Morgan fingerprint density at radius 1 is 1.12 bits per heavy atom. The molecule has 1 aliphatic rings. The molecule has 10 heteroatoms. The van der Waals surface area contributed by atoms with Gasteiger partial charge in [-0.15, -0.1) is 0 Å². The number of hydrogen-bond donors (Lipinski definition) is 1. The molecule has 1 N–H and O–H groups in total. The molecule has 9 nitrogen and oxygen atoms in total. The molecule has 0 saturated carbocycles. The van der Waals surface area contributed by atoms with E-state index in [1.807, 2.05) is 0 Å². The van der Waals surface area contributed by atoms with Gasteiger partial charge in [-0.25, -0.2) is 8.42 Å². The number of nitrogens with zero attached hydrogens (tertiary/aromatic N) is 1. The molecule has 0 spiro atoms. The molecule has 0 fully saturated rings. The predicted molar refractivity (Wildman–Crippen MR) is 118 cm³/mol. The number of methoxy groups -OCH3 is 1. The minimum Gasteiger partial charge on any atom is -0.493 e. The van der Waals surface area contributed by atoms with Gasteiger partial charge in [0.15, 0.2) is 21.3 Å². The van der Waals surface area contributed by atoms with Crippen LogP contribution in [0.2, 0.25) is 0 Å². The molecule has 1 heterocycles. The monoisotopic (exact) mass is 460 g/mol. The molecule has 32 heavy (non-hydrogen) atoms. The first-order valence-electron chi connectivity index (χ1n) is 9.84. The van der Waals surface area contributed by atoms with E-state index in [1.54, 1.807) is 25.1 Å². The third kappa shape index (κ3) is 4.45. The number of carbonyl (C=O) groups excluding carboxylic acids is 3. The van der Waals surface area contributed by atoms with Gasteiger partial charge in [0.2, 0.25) is 5.91 Å². The summed E-state index contributed by atoms with van der Waals surface area (Å²) >= 11 is 0. The predicted octanol–water partition coefficient (Wildman–Crippen LogP) is 2.43. The van der Waals surface area contributed by atoms with Crippen LogP contribution < -0.4 is 14.8 Å². The number of ether oxygens (including phenoxy) is 2. The Bertz CT molecular complexity index is 1190. The Kier molecular flexibility index (Phi) is 6.54. The number of imide groups is 1. The van der Waals surface area contributed by atoms with E-state index in [-0.39, 0.29) is 23.4 Å². The van der Waals surface area contributed by atoms with Crippen molar-refractivity contribution in [2.75, 3.05) is 31.8 Å². The lowest BCUT2D eigenvalue weighted by atomic mass is 10.1. The Morgan fingerprint density at radius 3 is 2.44 bits per heavy atom. The van der Waals surface area contributed by atoms with Crippen molar-refractivity contribution in [3.8, 4) is 11.5 Å². The minimum atomic E-state index is -3.73. The van der Waals surface area contributed by atoms with Crippen LogP contribution >= 0.6 is 0 Å². The molecule has 1 atom stereocenters. The zero-order valence-electron chi connectivity index (χ0n) is 18.2. The molecule has 2 aromatic rings. The number of sulfone groups is 1. The smallest absolute Gasteiger partial charge is 0.263 e. The largest absolute Gasteiger partial charge is 0.493 e. The van der Waals surface area contributed by atoms with E-state index >= 15 is 0 Å². The van der Waals surface area contributed by atoms with Gasteiger partial charge in [-0.1, -0.05) is 12.1 Å². The molecule has 0 unspecified atom stereocenters. The van der Waals surface area contributed by atoms with Gasteiger partial charge in [0.1, 0.15) is 5.25 Å². The van der Waals surface area contributed by atoms with Crippen molar-refractivity contribution in [3.63, 3.8) is 0 Å². The van der Waals surface area contributed by atoms with Gasteiger partial charge in [0, 0.05) is 13.2 Å². The first-order valence-corrected chi connectivity index (χ1v) is 11.8. The van der Waals surface area contributed by atoms with Crippen LogP contribution in [0.3, 0.4) is 0 Å². The van der Waals surface area contributed by atoms with Crippen LogP contribution in [-0.2, 0) is 14.6 Å². The zero-order valence-corrected chi connectivity index (χ0v) is 19.0. The summed E-state index contributed by atoms with van der Waals surface area (Å²) in [5.74, 6) is -0.890. The Labute approximate surface area is 186 Å². The number of amides is 3. The van der Waals surface area contributed by atoms with Gasteiger partial charge in [0.05, 0.1) is 37.1 Å². The highest BCUT2D eigenvalue weighted by molar-refractivity contribution is 7.91. The summed E-state index contributed by atoms with van der Waals surface area (Å²) in [6, 6.07) is 9.21. The van der Waals surface area contributed by atoms with Gasteiger partial charge in [0.25, 0.3) is 11.8 Å². The summed E-state index contributed by atoms with van der Waals surface area (Å²) in [7, 11) is -2.26. The maximum absolute atomic E-state index is 13.1. The molecule has 0 aliphatic carbocycles. The minimum absolute atomic E-state index is 0.0460. The van der Waals surface area contributed by atoms with Crippen LogP contribution in [0.5, 0.6) is 11.5 Å². The average Bonchev–Trinajstić information content (AvgIpc) is 2.96. The number of nitrogens with one attached hydrogen (secondary N) is 1. The van der Waals surface area contributed by atoms with Crippen molar-refractivity contribution in [1.82, 2.24) is 4.90 Å². The van der Waals surface area contributed by atoms with E-state index in [2.05, 4.69) is 5.32 Å². The Hall–Kier alpha value is -3.40. The maximum Gasteiger partial charge on any atom is 0.263 e. The first kappa shape index (κ1) is 23.3. The summed E-state index contributed by atoms with van der Waals surface area (Å²) in [5.41, 5.74) is 0.716. The van der Waals surface area contributed by atoms with Crippen LogP contribution in [0.15, 0.2) is 36.4 Å². The van der Waals surface area contributed by atoms with Crippen LogP contribution in [0.1, 0.15) is 45.4 Å². The van der Waals surface area contributed by atoms with Crippen molar-refractivity contribution < 1.29 is 32.3 Å². The number of hydrogen-bond acceptors (Lipinski definition) is 7. The quantitative estimate of drug-likeness (QED) is 0.601. The van der Waals surface area contributed by atoms with Crippen LogP contribution in [0.25, 0.3) is 0 Å². The lowest BCUT2D eigenvalue weighted by Gasteiger charge is -2.22. The number of anilines is 1. The van der Waals surface area contributed by atoms with E-state index < -0.39 is 32.8 Å². The highest BCUT2D eigenvalue weighted by Crippen LogP contribution is 2.36. The molecule has 2 aromatic carbocycles. The van der Waals surface area contributed by atoms with Crippen molar-refractivity contribution in [3.05, 3.63) is 53.1 Å². The first-order chi connectivity index (χ1) is 15.1. The van der Waals surface area contributed by atoms with Crippen LogP contribution in [0, 0.1) is 0 Å².